The lowest BCUT2D eigenvalue weighted by atomic mass is 10.2. The SMILES string of the molecule is CC(C)C(=O)OCOC(=O)SC(C)C(=O)NCC(=O)OCCN1CCOCC1. The van der Waals surface area contributed by atoms with Crippen LogP contribution in [0, 0.1) is 5.92 Å². The Labute approximate surface area is 168 Å². The molecule has 11 heteroatoms. The molecule has 0 radical (unpaired) electrons. The Morgan fingerprint density at radius 1 is 1.07 bits per heavy atom. The summed E-state index contributed by atoms with van der Waals surface area (Å²) >= 11 is 0.621. The van der Waals surface area contributed by atoms with Crippen LogP contribution < -0.4 is 5.32 Å². The van der Waals surface area contributed by atoms with E-state index in [4.69, 9.17) is 18.9 Å². The highest BCUT2D eigenvalue weighted by Gasteiger charge is 2.20. The Balaban J connectivity index is 2.13. The summed E-state index contributed by atoms with van der Waals surface area (Å²) < 4.78 is 19.7. The van der Waals surface area contributed by atoms with Gasteiger partial charge in [-0.3, -0.25) is 19.3 Å². The molecule has 1 unspecified atom stereocenters. The Hall–Kier alpha value is -1.85. The van der Waals surface area contributed by atoms with Crippen LogP contribution in [0.4, 0.5) is 4.79 Å². The van der Waals surface area contributed by atoms with E-state index in [-0.39, 0.29) is 19.1 Å². The first-order valence-electron chi connectivity index (χ1n) is 9.03. The summed E-state index contributed by atoms with van der Waals surface area (Å²) in [6, 6.07) is 0. The number of nitrogens with zero attached hydrogens (tertiary/aromatic N) is 1. The van der Waals surface area contributed by atoms with Gasteiger partial charge in [-0.25, -0.2) is 4.79 Å². The smallest absolute Gasteiger partial charge is 0.370 e. The molecule has 1 atom stereocenters. The Kier molecular flexibility index (Phi) is 11.5. The lowest BCUT2D eigenvalue weighted by Gasteiger charge is -2.26. The lowest BCUT2D eigenvalue weighted by Crippen LogP contribution is -2.39. The van der Waals surface area contributed by atoms with Gasteiger partial charge >= 0.3 is 17.2 Å². The first kappa shape index (κ1) is 24.2. The third-order valence-electron chi connectivity index (χ3n) is 3.67. The number of morpholine rings is 1. The molecule has 1 aliphatic heterocycles. The fourth-order valence-corrected chi connectivity index (χ4v) is 2.60. The zero-order valence-corrected chi connectivity index (χ0v) is 17.2. The van der Waals surface area contributed by atoms with Gasteiger partial charge in [-0.1, -0.05) is 13.8 Å². The monoisotopic (exact) mass is 420 g/mol. The van der Waals surface area contributed by atoms with Crippen LogP contribution in [-0.4, -0.2) is 86.1 Å². The van der Waals surface area contributed by atoms with Crippen LogP contribution in [0.15, 0.2) is 0 Å². The van der Waals surface area contributed by atoms with E-state index in [0.717, 1.165) is 13.1 Å². The van der Waals surface area contributed by atoms with Crippen molar-refractivity contribution in [3.05, 3.63) is 0 Å². The molecular formula is C17H28N2O8S. The van der Waals surface area contributed by atoms with Crippen molar-refractivity contribution in [3.63, 3.8) is 0 Å². The van der Waals surface area contributed by atoms with E-state index in [2.05, 4.69) is 10.2 Å². The number of esters is 2. The van der Waals surface area contributed by atoms with E-state index in [9.17, 15) is 19.2 Å². The molecule has 0 aromatic heterocycles. The number of amides is 1. The largest absolute Gasteiger partial charge is 0.463 e. The van der Waals surface area contributed by atoms with Gasteiger partial charge in [0.15, 0.2) is 0 Å². The van der Waals surface area contributed by atoms with Crippen LogP contribution in [0.5, 0.6) is 0 Å². The second-order valence-electron chi connectivity index (χ2n) is 6.28. The Bertz CT molecular complexity index is 537. The van der Waals surface area contributed by atoms with Gasteiger partial charge in [0.05, 0.1) is 24.4 Å². The molecular weight excluding hydrogens is 392 g/mol. The molecule has 10 nitrogen and oxygen atoms in total. The number of nitrogens with one attached hydrogen (secondary N) is 1. The topological polar surface area (TPSA) is 120 Å². The molecule has 0 saturated carbocycles. The molecule has 0 aromatic carbocycles. The normalized spacial score (nSPS) is 15.6. The quantitative estimate of drug-likeness (QED) is 0.392. The maximum atomic E-state index is 11.9. The van der Waals surface area contributed by atoms with Crippen molar-refractivity contribution >= 4 is 34.9 Å². The average molecular weight is 420 g/mol. The molecule has 160 valence electrons. The van der Waals surface area contributed by atoms with Crippen molar-refractivity contribution in [2.24, 2.45) is 5.92 Å². The minimum absolute atomic E-state index is 0.237. The number of hydrogen-bond donors (Lipinski definition) is 1. The van der Waals surface area contributed by atoms with Crippen LogP contribution in [0.3, 0.4) is 0 Å². The number of carbonyl (C=O) groups is 4. The molecule has 0 aliphatic carbocycles. The summed E-state index contributed by atoms with van der Waals surface area (Å²) in [6.45, 7) is 7.79. The predicted molar refractivity (Wildman–Crippen MR) is 101 cm³/mol. The number of hydrogen-bond acceptors (Lipinski definition) is 10. The summed E-state index contributed by atoms with van der Waals surface area (Å²) in [4.78, 5) is 48.5. The van der Waals surface area contributed by atoms with Crippen LogP contribution in [0.25, 0.3) is 0 Å². The number of thioether (sulfide) groups is 1. The molecule has 1 aliphatic rings. The third kappa shape index (κ3) is 10.5. The first-order chi connectivity index (χ1) is 13.3. The minimum Gasteiger partial charge on any atom is -0.463 e. The first-order valence-corrected chi connectivity index (χ1v) is 9.91. The van der Waals surface area contributed by atoms with Gasteiger partial charge in [0.2, 0.25) is 12.7 Å². The maximum Gasteiger partial charge on any atom is 0.370 e. The molecule has 1 rings (SSSR count). The van der Waals surface area contributed by atoms with Gasteiger partial charge in [-0.2, -0.15) is 0 Å². The molecule has 0 aromatic rings. The third-order valence-corrected chi connectivity index (χ3v) is 4.55. The maximum absolute atomic E-state index is 11.9. The van der Waals surface area contributed by atoms with Crippen molar-refractivity contribution < 1.29 is 38.1 Å². The van der Waals surface area contributed by atoms with E-state index in [1.165, 1.54) is 6.92 Å². The molecule has 1 amide bonds. The summed E-state index contributed by atoms with van der Waals surface area (Å²) in [5.41, 5.74) is 0. The second-order valence-corrected chi connectivity index (χ2v) is 7.56. The van der Waals surface area contributed by atoms with E-state index >= 15 is 0 Å². The molecule has 1 N–H and O–H groups in total. The zero-order valence-electron chi connectivity index (χ0n) is 16.4. The summed E-state index contributed by atoms with van der Waals surface area (Å²) in [5.74, 6) is -1.88. The van der Waals surface area contributed by atoms with Crippen LogP contribution in [0.1, 0.15) is 20.8 Å². The van der Waals surface area contributed by atoms with Crippen LogP contribution in [-0.2, 0) is 33.3 Å². The van der Waals surface area contributed by atoms with E-state index in [1.807, 2.05) is 0 Å². The van der Waals surface area contributed by atoms with Crippen molar-refractivity contribution in [2.45, 2.75) is 26.0 Å². The van der Waals surface area contributed by atoms with Crippen molar-refractivity contribution in [1.29, 1.82) is 0 Å². The second kappa shape index (κ2) is 13.3. The van der Waals surface area contributed by atoms with Gasteiger partial charge < -0.3 is 24.3 Å². The zero-order chi connectivity index (χ0) is 20.9. The average Bonchev–Trinajstić information content (AvgIpc) is 2.66. The number of carbonyl (C=O) groups excluding carboxylic acids is 4. The van der Waals surface area contributed by atoms with Gasteiger partial charge in [-0.15, -0.1) is 0 Å². The Morgan fingerprint density at radius 2 is 1.75 bits per heavy atom. The fourth-order valence-electron chi connectivity index (χ4n) is 2.00. The van der Waals surface area contributed by atoms with E-state index in [1.54, 1.807) is 13.8 Å². The van der Waals surface area contributed by atoms with Crippen molar-refractivity contribution in [2.75, 3.05) is 52.8 Å². The molecule has 28 heavy (non-hydrogen) atoms. The van der Waals surface area contributed by atoms with E-state index in [0.29, 0.717) is 31.5 Å². The van der Waals surface area contributed by atoms with Crippen molar-refractivity contribution in [3.8, 4) is 0 Å². The van der Waals surface area contributed by atoms with Gasteiger partial charge in [-0.05, 0) is 18.7 Å². The van der Waals surface area contributed by atoms with Gasteiger partial charge in [0.25, 0.3) is 0 Å². The highest BCUT2D eigenvalue weighted by atomic mass is 32.2. The van der Waals surface area contributed by atoms with Crippen LogP contribution in [0.2, 0.25) is 0 Å². The lowest BCUT2D eigenvalue weighted by molar-refractivity contribution is -0.155. The highest BCUT2D eigenvalue weighted by Crippen LogP contribution is 2.14. The molecule has 0 bridgehead atoms. The summed E-state index contributed by atoms with van der Waals surface area (Å²) in [7, 11) is 0. The molecule has 1 saturated heterocycles. The Morgan fingerprint density at radius 3 is 2.39 bits per heavy atom. The number of ether oxygens (including phenoxy) is 4. The molecule has 1 heterocycles. The van der Waals surface area contributed by atoms with Crippen LogP contribution >= 0.6 is 11.8 Å². The molecule has 1 fully saturated rings. The van der Waals surface area contributed by atoms with Crippen molar-refractivity contribution in [1.82, 2.24) is 10.2 Å². The minimum atomic E-state index is -0.783. The standard InChI is InChI=1S/C17H28N2O8S/c1-12(2)16(22)26-11-27-17(23)28-13(3)15(21)18-10-14(20)25-9-6-19-4-7-24-8-5-19/h12-13H,4-11H2,1-3H3,(H,18,21). The van der Waals surface area contributed by atoms with Gasteiger partial charge in [0, 0.05) is 19.6 Å². The highest BCUT2D eigenvalue weighted by molar-refractivity contribution is 8.14. The predicted octanol–water partition coefficient (Wildman–Crippen LogP) is 0.393. The summed E-state index contributed by atoms with van der Waals surface area (Å²) in [5, 5.41) is 0.864. The van der Waals surface area contributed by atoms with E-state index < -0.39 is 35.2 Å². The fraction of sp³-hybridized carbons (Fsp3) is 0.765. The number of rotatable bonds is 10. The molecule has 0 spiro atoms. The van der Waals surface area contributed by atoms with Gasteiger partial charge in [0.1, 0.15) is 13.2 Å². The summed E-state index contributed by atoms with van der Waals surface area (Å²) in [6.07, 6.45) is 0.